The van der Waals surface area contributed by atoms with E-state index in [1.54, 1.807) is 0 Å². The average molecular weight is 428 g/mol. The largest absolute Gasteiger partial charge is 0.390 e. The minimum atomic E-state index is -1.05. The van der Waals surface area contributed by atoms with E-state index in [4.69, 9.17) is 0 Å². The lowest BCUT2D eigenvalue weighted by Crippen LogP contribution is -2.35. The van der Waals surface area contributed by atoms with Crippen LogP contribution in [0.15, 0.2) is 43.0 Å². The summed E-state index contributed by atoms with van der Waals surface area (Å²) in [6.45, 7) is 3.75. The molecule has 2 heterocycles. The summed E-state index contributed by atoms with van der Waals surface area (Å²) in [6.07, 6.45) is 2.43. The number of nitrogens with zero attached hydrogens (tertiary/aromatic N) is 4. The molecule has 4 atom stereocenters. The van der Waals surface area contributed by atoms with Crippen LogP contribution < -0.4 is 5.32 Å². The number of benzene rings is 1. The van der Waals surface area contributed by atoms with Crippen LogP contribution in [-0.2, 0) is 6.54 Å². The SMILES string of the molecule is [CH2][C@@H]1C[C@@H](Nc2ncncc2C(=O)c2ccn(Cc3cccc(F)c3F)n2)[C@H](O)[C@@H]1O. The fourth-order valence-electron chi connectivity index (χ4n) is 3.61. The third-order valence-corrected chi connectivity index (χ3v) is 5.32. The van der Waals surface area contributed by atoms with Crippen molar-refractivity contribution < 1.29 is 23.8 Å². The quantitative estimate of drug-likeness (QED) is 0.511. The van der Waals surface area contributed by atoms with Crippen LogP contribution in [0.1, 0.15) is 28.0 Å². The van der Waals surface area contributed by atoms with Crippen molar-refractivity contribution in [1.29, 1.82) is 0 Å². The van der Waals surface area contributed by atoms with Crippen LogP contribution in [0.25, 0.3) is 0 Å². The number of carbonyl (C=O) groups is 1. The molecule has 4 rings (SSSR count). The Morgan fingerprint density at radius 2 is 2.06 bits per heavy atom. The lowest BCUT2D eigenvalue weighted by molar-refractivity contribution is 0.0256. The summed E-state index contributed by atoms with van der Waals surface area (Å²) in [5.74, 6) is -2.57. The molecule has 0 amide bonds. The summed E-state index contributed by atoms with van der Waals surface area (Å²) in [5.41, 5.74) is 0.291. The Morgan fingerprint density at radius 1 is 1.26 bits per heavy atom. The number of aliphatic hydroxyl groups excluding tert-OH is 2. The number of nitrogens with one attached hydrogen (secondary N) is 1. The summed E-state index contributed by atoms with van der Waals surface area (Å²) in [7, 11) is 0. The molecule has 31 heavy (non-hydrogen) atoms. The molecular weight excluding hydrogens is 408 g/mol. The van der Waals surface area contributed by atoms with Gasteiger partial charge < -0.3 is 15.5 Å². The Morgan fingerprint density at radius 3 is 2.81 bits per heavy atom. The number of aromatic nitrogens is 4. The van der Waals surface area contributed by atoms with E-state index >= 15 is 0 Å². The zero-order valence-electron chi connectivity index (χ0n) is 16.3. The fraction of sp³-hybridized carbons (Fsp3) is 0.286. The predicted octanol–water partition coefficient (Wildman–Crippen LogP) is 1.59. The first-order valence-electron chi connectivity index (χ1n) is 9.62. The number of hydrogen-bond acceptors (Lipinski definition) is 7. The molecular formula is C21H20F2N5O3. The van der Waals surface area contributed by atoms with Gasteiger partial charge in [-0.2, -0.15) is 5.10 Å². The molecule has 0 aliphatic heterocycles. The van der Waals surface area contributed by atoms with Crippen molar-refractivity contribution in [2.24, 2.45) is 5.92 Å². The van der Waals surface area contributed by atoms with E-state index in [0.717, 1.165) is 6.07 Å². The van der Waals surface area contributed by atoms with Crippen molar-refractivity contribution in [3.63, 3.8) is 0 Å². The van der Waals surface area contributed by atoms with Crippen molar-refractivity contribution in [3.05, 3.63) is 78.4 Å². The van der Waals surface area contributed by atoms with Crippen LogP contribution >= 0.6 is 0 Å². The summed E-state index contributed by atoms with van der Waals surface area (Å²) in [5, 5.41) is 27.2. The normalized spacial score (nSPS) is 23.1. The van der Waals surface area contributed by atoms with E-state index in [9.17, 15) is 23.8 Å². The molecule has 1 aromatic carbocycles. The first kappa shape index (κ1) is 21.0. The summed E-state index contributed by atoms with van der Waals surface area (Å²) >= 11 is 0. The smallest absolute Gasteiger partial charge is 0.218 e. The standard InChI is InChI=1S/C21H20F2N5O3/c1-11-7-16(20(31)18(11)29)26-21-13(8-24-10-25-21)19(30)15-5-6-28(27-15)9-12-3-2-4-14(22)17(12)23/h2-6,8,10-11,16,18,20,29,31H,1,7,9H2,(H,24,25,26)/t11-,16-,18-,20+/m1/s1. The summed E-state index contributed by atoms with van der Waals surface area (Å²) < 4.78 is 28.6. The van der Waals surface area contributed by atoms with Crippen LogP contribution in [-0.4, -0.2) is 54.0 Å². The number of anilines is 1. The van der Waals surface area contributed by atoms with Crippen LogP contribution in [0.2, 0.25) is 0 Å². The van der Waals surface area contributed by atoms with Gasteiger partial charge in [0.25, 0.3) is 0 Å². The van der Waals surface area contributed by atoms with E-state index in [1.807, 2.05) is 0 Å². The van der Waals surface area contributed by atoms with E-state index in [-0.39, 0.29) is 35.1 Å². The molecule has 161 valence electrons. The van der Waals surface area contributed by atoms with Crippen molar-refractivity contribution in [3.8, 4) is 0 Å². The minimum Gasteiger partial charge on any atom is -0.390 e. The van der Waals surface area contributed by atoms with Crippen LogP contribution in [0.3, 0.4) is 0 Å². The molecule has 0 unspecified atom stereocenters. The zero-order valence-corrected chi connectivity index (χ0v) is 16.3. The number of halogens is 2. The van der Waals surface area contributed by atoms with Crippen molar-refractivity contribution in [2.75, 3.05) is 5.32 Å². The Balaban J connectivity index is 1.54. The van der Waals surface area contributed by atoms with Gasteiger partial charge >= 0.3 is 0 Å². The third-order valence-electron chi connectivity index (χ3n) is 5.32. The zero-order chi connectivity index (χ0) is 22.1. The molecule has 1 radical (unpaired) electrons. The predicted molar refractivity (Wildman–Crippen MR) is 106 cm³/mol. The molecule has 1 aliphatic rings. The topological polar surface area (TPSA) is 113 Å². The molecule has 3 N–H and O–H groups in total. The number of ketones is 1. The lowest BCUT2D eigenvalue weighted by atomic mass is 10.1. The van der Waals surface area contributed by atoms with Gasteiger partial charge in [0.1, 0.15) is 23.9 Å². The van der Waals surface area contributed by atoms with Gasteiger partial charge in [0.15, 0.2) is 11.6 Å². The molecule has 8 nitrogen and oxygen atoms in total. The molecule has 0 saturated heterocycles. The van der Waals surface area contributed by atoms with Gasteiger partial charge in [0.05, 0.1) is 24.3 Å². The summed E-state index contributed by atoms with van der Waals surface area (Å²) in [6, 6.07) is 4.78. The van der Waals surface area contributed by atoms with E-state index in [2.05, 4.69) is 27.3 Å². The Hall–Kier alpha value is -3.24. The molecule has 1 fully saturated rings. The van der Waals surface area contributed by atoms with Gasteiger partial charge in [-0.25, -0.2) is 18.7 Å². The highest BCUT2D eigenvalue weighted by Crippen LogP contribution is 2.29. The Kier molecular flexibility index (Phi) is 5.75. The molecule has 1 aliphatic carbocycles. The van der Waals surface area contributed by atoms with E-state index in [1.165, 1.54) is 41.6 Å². The summed E-state index contributed by atoms with van der Waals surface area (Å²) in [4.78, 5) is 21.0. The number of rotatable bonds is 6. The number of hydrogen-bond donors (Lipinski definition) is 3. The van der Waals surface area contributed by atoms with Gasteiger partial charge in [-0.1, -0.05) is 12.1 Å². The average Bonchev–Trinajstić information content (AvgIpc) is 3.32. The fourth-order valence-corrected chi connectivity index (χ4v) is 3.61. The van der Waals surface area contributed by atoms with Gasteiger partial charge in [0.2, 0.25) is 5.78 Å². The lowest BCUT2D eigenvalue weighted by Gasteiger charge is -2.19. The van der Waals surface area contributed by atoms with E-state index < -0.39 is 35.7 Å². The molecule has 2 aromatic heterocycles. The highest BCUT2D eigenvalue weighted by atomic mass is 19.2. The first-order chi connectivity index (χ1) is 14.8. The molecule has 1 saturated carbocycles. The second kappa shape index (κ2) is 8.48. The molecule has 0 spiro atoms. The van der Waals surface area contributed by atoms with Gasteiger partial charge in [-0.3, -0.25) is 9.48 Å². The third kappa shape index (κ3) is 4.17. The number of aliphatic hydroxyl groups is 2. The van der Waals surface area contributed by atoms with Crippen molar-refractivity contribution in [1.82, 2.24) is 19.7 Å². The highest BCUT2D eigenvalue weighted by Gasteiger charge is 2.39. The maximum Gasteiger partial charge on any atom is 0.218 e. The second-order valence-electron chi connectivity index (χ2n) is 7.45. The van der Waals surface area contributed by atoms with Crippen molar-refractivity contribution in [2.45, 2.75) is 31.2 Å². The van der Waals surface area contributed by atoms with Crippen LogP contribution in [0.5, 0.6) is 0 Å². The molecule has 10 heteroatoms. The maximum atomic E-state index is 13.9. The second-order valence-corrected chi connectivity index (χ2v) is 7.45. The van der Waals surface area contributed by atoms with Crippen molar-refractivity contribution >= 4 is 11.6 Å². The number of carbonyl (C=O) groups excluding carboxylic acids is 1. The maximum absolute atomic E-state index is 13.9. The first-order valence-corrected chi connectivity index (χ1v) is 9.62. The monoisotopic (exact) mass is 428 g/mol. The highest BCUT2D eigenvalue weighted by molar-refractivity contribution is 6.10. The molecule has 3 aromatic rings. The molecule has 0 bridgehead atoms. The van der Waals surface area contributed by atoms with Crippen LogP contribution in [0.4, 0.5) is 14.6 Å². The minimum absolute atomic E-state index is 0.0513. The Labute approximate surface area is 176 Å². The van der Waals surface area contributed by atoms with Gasteiger partial charge in [0, 0.05) is 18.0 Å². The van der Waals surface area contributed by atoms with Crippen LogP contribution in [0, 0.1) is 24.5 Å². The Bertz CT molecular complexity index is 1110. The van der Waals surface area contributed by atoms with Gasteiger partial charge in [-0.15, -0.1) is 0 Å². The van der Waals surface area contributed by atoms with Gasteiger partial charge in [-0.05, 0) is 31.4 Å². The van der Waals surface area contributed by atoms with E-state index in [0.29, 0.717) is 6.42 Å².